The van der Waals surface area contributed by atoms with Gasteiger partial charge in [-0.25, -0.2) is 4.79 Å². The molecule has 0 bridgehead atoms. The molecule has 2 amide bonds. The van der Waals surface area contributed by atoms with Crippen LogP contribution in [0.4, 0.5) is 0 Å². The minimum Gasteiger partial charge on any atom is -0.480 e. The fourth-order valence-corrected chi connectivity index (χ4v) is 1.03. The van der Waals surface area contributed by atoms with Crippen LogP contribution >= 0.6 is 0 Å². The summed E-state index contributed by atoms with van der Waals surface area (Å²) in [6.07, 6.45) is -0.165. The Hall–Kier alpha value is -1.59. The van der Waals surface area contributed by atoms with E-state index in [1.807, 2.05) is 13.8 Å². The lowest BCUT2D eigenvalue weighted by Crippen LogP contribution is -2.43. The smallest absolute Gasteiger partial charge is 0.326 e. The lowest BCUT2D eigenvalue weighted by atomic mass is 10.1. The molecule has 6 heteroatoms. The molecular weight excluding hydrogens is 200 g/mol. The summed E-state index contributed by atoms with van der Waals surface area (Å²) in [5, 5.41) is 10.9. The fraction of sp³-hybridized carbons (Fsp3) is 0.667. The molecular formula is C9H16N2O4. The molecule has 15 heavy (non-hydrogen) atoms. The second kappa shape index (κ2) is 6.00. The first-order valence-corrected chi connectivity index (χ1v) is 4.63. The lowest BCUT2D eigenvalue weighted by Gasteiger charge is -2.13. The van der Waals surface area contributed by atoms with Crippen LogP contribution in [0.15, 0.2) is 0 Å². The SMILES string of the molecule is CC(C)CC(=O)NC(CC(N)=O)C(=O)O. The lowest BCUT2D eigenvalue weighted by molar-refractivity contribution is -0.143. The number of aliphatic carboxylic acids is 1. The molecule has 0 aliphatic heterocycles. The Morgan fingerprint density at radius 1 is 1.27 bits per heavy atom. The second-order valence-electron chi connectivity index (χ2n) is 3.73. The van der Waals surface area contributed by atoms with E-state index in [4.69, 9.17) is 10.8 Å². The number of carboxylic acid groups (broad SMARTS) is 1. The monoisotopic (exact) mass is 216 g/mol. The number of hydrogen-bond donors (Lipinski definition) is 3. The van der Waals surface area contributed by atoms with E-state index >= 15 is 0 Å². The Balaban J connectivity index is 4.22. The van der Waals surface area contributed by atoms with Gasteiger partial charge in [0.05, 0.1) is 6.42 Å². The van der Waals surface area contributed by atoms with Crippen LogP contribution in [-0.4, -0.2) is 28.9 Å². The molecule has 0 aromatic carbocycles. The quantitative estimate of drug-likeness (QED) is 0.554. The normalized spacial score (nSPS) is 12.2. The predicted octanol–water partition coefficient (Wildman–Crippen LogP) is -0.523. The van der Waals surface area contributed by atoms with E-state index in [1.54, 1.807) is 0 Å². The zero-order valence-corrected chi connectivity index (χ0v) is 8.82. The standard InChI is InChI=1S/C9H16N2O4/c1-5(2)3-8(13)11-6(9(14)15)4-7(10)12/h5-6H,3-4H2,1-2H3,(H2,10,12)(H,11,13)(H,14,15). The summed E-state index contributed by atoms with van der Waals surface area (Å²) in [5.41, 5.74) is 4.85. The highest BCUT2D eigenvalue weighted by atomic mass is 16.4. The van der Waals surface area contributed by atoms with Gasteiger partial charge in [-0.1, -0.05) is 13.8 Å². The Kier molecular flexibility index (Phi) is 5.36. The van der Waals surface area contributed by atoms with Gasteiger partial charge in [-0.3, -0.25) is 9.59 Å². The highest BCUT2D eigenvalue weighted by Crippen LogP contribution is 2.00. The van der Waals surface area contributed by atoms with Crippen LogP contribution in [0, 0.1) is 5.92 Å². The van der Waals surface area contributed by atoms with Crippen molar-refractivity contribution in [1.29, 1.82) is 0 Å². The number of hydrogen-bond acceptors (Lipinski definition) is 3. The third kappa shape index (κ3) is 6.48. The van der Waals surface area contributed by atoms with Gasteiger partial charge in [0.1, 0.15) is 6.04 Å². The molecule has 0 aromatic heterocycles. The number of carbonyl (C=O) groups excluding carboxylic acids is 2. The summed E-state index contributed by atoms with van der Waals surface area (Å²) in [5.74, 6) is -2.27. The molecule has 1 atom stereocenters. The van der Waals surface area contributed by atoms with Gasteiger partial charge < -0.3 is 16.2 Å². The zero-order valence-electron chi connectivity index (χ0n) is 8.82. The van der Waals surface area contributed by atoms with Crippen molar-refractivity contribution in [1.82, 2.24) is 5.32 Å². The van der Waals surface area contributed by atoms with E-state index in [0.717, 1.165) is 0 Å². The van der Waals surface area contributed by atoms with Crippen LogP contribution < -0.4 is 11.1 Å². The summed E-state index contributed by atoms with van der Waals surface area (Å²) < 4.78 is 0. The Labute approximate surface area is 87.8 Å². The van der Waals surface area contributed by atoms with Crippen molar-refractivity contribution in [3.63, 3.8) is 0 Å². The van der Waals surface area contributed by atoms with Crippen molar-refractivity contribution in [3.8, 4) is 0 Å². The zero-order chi connectivity index (χ0) is 12.0. The first-order valence-electron chi connectivity index (χ1n) is 4.63. The number of carboxylic acids is 1. The second-order valence-corrected chi connectivity index (χ2v) is 3.73. The molecule has 1 unspecified atom stereocenters. The Morgan fingerprint density at radius 3 is 2.13 bits per heavy atom. The molecule has 0 saturated heterocycles. The van der Waals surface area contributed by atoms with Crippen LogP contribution in [0.1, 0.15) is 26.7 Å². The van der Waals surface area contributed by atoms with Crippen molar-refractivity contribution in [3.05, 3.63) is 0 Å². The first kappa shape index (κ1) is 13.4. The van der Waals surface area contributed by atoms with Gasteiger partial charge in [0, 0.05) is 6.42 Å². The van der Waals surface area contributed by atoms with Crippen molar-refractivity contribution < 1.29 is 19.5 Å². The van der Waals surface area contributed by atoms with E-state index in [-0.39, 0.29) is 18.8 Å². The Morgan fingerprint density at radius 2 is 1.80 bits per heavy atom. The number of carbonyl (C=O) groups is 3. The third-order valence-corrected chi connectivity index (χ3v) is 1.63. The van der Waals surface area contributed by atoms with Crippen molar-refractivity contribution in [2.45, 2.75) is 32.7 Å². The number of rotatable bonds is 6. The van der Waals surface area contributed by atoms with Gasteiger partial charge in [0.2, 0.25) is 11.8 Å². The van der Waals surface area contributed by atoms with Crippen LogP contribution in [0.5, 0.6) is 0 Å². The molecule has 0 heterocycles. The topological polar surface area (TPSA) is 109 Å². The van der Waals surface area contributed by atoms with Crippen molar-refractivity contribution >= 4 is 17.8 Å². The summed E-state index contributed by atoms with van der Waals surface area (Å²) in [7, 11) is 0. The number of primary amides is 1. The van der Waals surface area contributed by atoms with Crippen molar-refractivity contribution in [2.75, 3.05) is 0 Å². The van der Waals surface area contributed by atoms with E-state index in [0.29, 0.717) is 0 Å². The molecule has 86 valence electrons. The number of nitrogens with one attached hydrogen (secondary N) is 1. The largest absolute Gasteiger partial charge is 0.480 e. The summed E-state index contributed by atoms with van der Waals surface area (Å²) >= 11 is 0. The van der Waals surface area contributed by atoms with Gasteiger partial charge >= 0.3 is 5.97 Å². The highest BCUT2D eigenvalue weighted by molar-refractivity contribution is 5.88. The van der Waals surface area contributed by atoms with E-state index in [2.05, 4.69) is 5.32 Å². The summed E-state index contributed by atoms with van der Waals surface area (Å²) in [6.45, 7) is 3.67. The molecule has 6 nitrogen and oxygen atoms in total. The molecule has 0 aliphatic carbocycles. The first-order chi connectivity index (χ1) is 6.82. The minimum atomic E-state index is -1.26. The molecule has 0 radical (unpaired) electrons. The van der Waals surface area contributed by atoms with Crippen LogP contribution in [0.25, 0.3) is 0 Å². The highest BCUT2D eigenvalue weighted by Gasteiger charge is 2.22. The van der Waals surface area contributed by atoms with Crippen LogP contribution in [0.3, 0.4) is 0 Å². The molecule has 0 aromatic rings. The van der Waals surface area contributed by atoms with Gasteiger partial charge in [-0.05, 0) is 5.92 Å². The van der Waals surface area contributed by atoms with Crippen molar-refractivity contribution in [2.24, 2.45) is 11.7 Å². The maximum absolute atomic E-state index is 11.2. The molecule has 4 N–H and O–H groups in total. The molecule has 0 spiro atoms. The molecule has 0 saturated carbocycles. The Bertz CT molecular complexity index is 263. The maximum atomic E-state index is 11.2. The average Bonchev–Trinajstić information content (AvgIpc) is 1.99. The number of nitrogens with two attached hydrogens (primary N) is 1. The number of amides is 2. The third-order valence-electron chi connectivity index (χ3n) is 1.63. The minimum absolute atomic E-state index is 0.132. The van der Waals surface area contributed by atoms with E-state index < -0.39 is 23.8 Å². The average molecular weight is 216 g/mol. The van der Waals surface area contributed by atoms with Crippen LogP contribution in [-0.2, 0) is 14.4 Å². The molecule has 0 fully saturated rings. The van der Waals surface area contributed by atoms with Gasteiger partial charge in [0.15, 0.2) is 0 Å². The van der Waals surface area contributed by atoms with Gasteiger partial charge in [0.25, 0.3) is 0 Å². The van der Waals surface area contributed by atoms with E-state index in [9.17, 15) is 14.4 Å². The van der Waals surface area contributed by atoms with Crippen LogP contribution in [0.2, 0.25) is 0 Å². The molecule has 0 rings (SSSR count). The predicted molar refractivity (Wildman–Crippen MR) is 52.8 cm³/mol. The summed E-state index contributed by atoms with van der Waals surface area (Å²) in [6, 6.07) is -1.23. The fourth-order valence-electron chi connectivity index (χ4n) is 1.03. The van der Waals surface area contributed by atoms with Gasteiger partial charge in [-0.15, -0.1) is 0 Å². The maximum Gasteiger partial charge on any atom is 0.326 e. The molecule has 0 aliphatic rings. The summed E-state index contributed by atoms with van der Waals surface area (Å²) in [4.78, 5) is 32.4. The van der Waals surface area contributed by atoms with Gasteiger partial charge in [-0.2, -0.15) is 0 Å². The van der Waals surface area contributed by atoms with E-state index in [1.165, 1.54) is 0 Å².